The molecule has 2 rings (SSSR count). The molecule has 14 heavy (non-hydrogen) atoms. The summed E-state index contributed by atoms with van der Waals surface area (Å²) < 4.78 is 1.06. The lowest BCUT2D eigenvalue weighted by Gasteiger charge is -1.99. The second-order valence-corrected chi connectivity index (χ2v) is 4.69. The van der Waals surface area contributed by atoms with Crippen LogP contribution in [0.5, 0.6) is 0 Å². The highest BCUT2D eigenvalue weighted by molar-refractivity contribution is 9.10. The van der Waals surface area contributed by atoms with Crippen molar-refractivity contribution in [1.82, 2.24) is 0 Å². The molecule has 2 atom stereocenters. The standard InChI is InChI=1S/C11H11BrO2/c12-9-3-1-7(2-4-9)5-8-6-10(8)11(13)14/h1-4,8,10H,5-6H2,(H,13,14)/t8-,10+/m0/s1. The fourth-order valence-electron chi connectivity index (χ4n) is 1.70. The van der Waals surface area contributed by atoms with Crippen LogP contribution in [-0.4, -0.2) is 11.1 Å². The van der Waals surface area contributed by atoms with Gasteiger partial charge < -0.3 is 5.11 Å². The predicted octanol–water partition coefficient (Wildman–Crippen LogP) is 2.71. The van der Waals surface area contributed by atoms with Gasteiger partial charge in [0.15, 0.2) is 0 Å². The minimum atomic E-state index is -0.646. The molecule has 2 nitrogen and oxygen atoms in total. The fourth-order valence-corrected chi connectivity index (χ4v) is 1.96. The molecular formula is C11H11BrO2. The molecule has 1 aromatic rings. The Morgan fingerprint density at radius 3 is 2.57 bits per heavy atom. The van der Waals surface area contributed by atoms with Crippen molar-refractivity contribution in [2.75, 3.05) is 0 Å². The molecule has 0 heterocycles. The Kier molecular flexibility index (Phi) is 2.59. The van der Waals surface area contributed by atoms with Gasteiger partial charge in [0.05, 0.1) is 5.92 Å². The molecule has 1 fully saturated rings. The summed E-state index contributed by atoms with van der Waals surface area (Å²) in [5.74, 6) is -0.389. The Morgan fingerprint density at radius 2 is 2.07 bits per heavy atom. The molecule has 0 unspecified atom stereocenters. The van der Waals surface area contributed by atoms with Crippen molar-refractivity contribution in [3.05, 3.63) is 34.3 Å². The highest BCUT2D eigenvalue weighted by Crippen LogP contribution is 2.41. The maximum atomic E-state index is 10.6. The summed E-state index contributed by atoms with van der Waals surface area (Å²) in [5, 5.41) is 8.74. The van der Waals surface area contributed by atoms with Gasteiger partial charge in [-0.3, -0.25) is 4.79 Å². The third kappa shape index (κ3) is 2.15. The van der Waals surface area contributed by atoms with E-state index in [4.69, 9.17) is 5.11 Å². The molecule has 0 bridgehead atoms. The Labute approximate surface area is 91.1 Å². The Bertz CT molecular complexity index is 345. The van der Waals surface area contributed by atoms with Crippen LogP contribution >= 0.6 is 15.9 Å². The van der Waals surface area contributed by atoms with E-state index in [-0.39, 0.29) is 5.92 Å². The summed E-state index contributed by atoms with van der Waals surface area (Å²) in [6.07, 6.45) is 1.73. The number of carbonyl (C=O) groups is 1. The first kappa shape index (κ1) is 9.71. The quantitative estimate of drug-likeness (QED) is 0.901. The van der Waals surface area contributed by atoms with Gasteiger partial charge in [-0.15, -0.1) is 0 Å². The summed E-state index contributed by atoms with van der Waals surface area (Å²) >= 11 is 3.37. The lowest BCUT2D eigenvalue weighted by atomic mass is 10.1. The normalized spacial score (nSPS) is 24.6. The van der Waals surface area contributed by atoms with Gasteiger partial charge in [0.1, 0.15) is 0 Å². The maximum Gasteiger partial charge on any atom is 0.306 e. The zero-order chi connectivity index (χ0) is 10.1. The minimum absolute atomic E-state index is 0.0985. The number of hydrogen-bond donors (Lipinski definition) is 1. The topological polar surface area (TPSA) is 37.3 Å². The number of halogens is 1. The number of carboxylic acid groups (broad SMARTS) is 1. The van der Waals surface area contributed by atoms with Gasteiger partial charge in [-0.1, -0.05) is 28.1 Å². The van der Waals surface area contributed by atoms with Crippen LogP contribution in [0.4, 0.5) is 0 Å². The van der Waals surface area contributed by atoms with Crippen LogP contribution in [0.2, 0.25) is 0 Å². The van der Waals surface area contributed by atoms with Crippen molar-refractivity contribution in [3.63, 3.8) is 0 Å². The summed E-state index contributed by atoms with van der Waals surface area (Å²) in [5.41, 5.74) is 1.22. The second kappa shape index (κ2) is 3.73. The maximum absolute atomic E-state index is 10.6. The zero-order valence-electron chi connectivity index (χ0n) is 7.61. The molecule has 3 heteroatoms. The fraction of sp³-hybridized carbons (Fsp3) is 0.364. The van der Waals surface area contributed by atoms with Gasteiger partial charge in [-0.25, -0.2) is 0 Å². The SMILES string of the molecule is O=C(O)[C@@H]1C[C@@H]1Cc1ccc(Br)cc1. The first-order valence-electron chi connectivity index (χ1n) is 4.64. The number of benzene rings is 1. The summed E-state index contributed by atoms with van der Waals surface area (Å²) in [6.45, 7) is 0. The van der Waals surface area contributed by atoms with Gasteiger partial charge in [0.2, 0.25) is 0 Å². The molecular weight excluding hydrogens is 244 g/mol. The molecule has 0 aromatic heterocycles. The van der Waals surface area contributed by atoms with Crippen molar-refractivity contribution in [2.45, 2.75) is 12.8 Å². The molecule has 1 aliphatic carbocycles. The van der Waals surface area contributed by atoms with Crippen LogP contribution in [0.3, 0.4) is 0 Å². The average molecular weight is 255 g/mol. The Morgan fingerprint density at radius 1 is 1.43 bits per heavy atom. The molecule has 0 radical (unpaired) electrons. The lowest BCUT2D eigenvalue weighted by Crippen LogP contribution is -2.00. The molecule has 1 aliphatic rings. The van der Waals surface area contributed by atoms with E-state index in [1.807, 2.05) is 24.3 Å². The van der Waals surface area contributed by atoms with Crippen molar-refractivity contribution < 1.29 is 9.90 Å². The molecule has 1 saturated carbocycles. The minimum Gasteiger partial charge on any atom is -0.481 e. The largest absolute Gasteiger partial charge is 0.481 e. The van der Waals surface area contributed by atoms with Crippen LogP contribution < -0.4 is 0 Å². The number of rotatable bonds is 3. The molecule has 1 N–H and O–H groups in total. The van der Waals surface area contributed by atoms with Crippen molar-refractivity contribution in [2.24, 2.45) is 11.8 Å². The van der Waals surface area contributed by atoms with E-state index in [9.17, 15) is 4.79 Å². The molecule has 74 valence electrons. The van der Waals surface area contributed by atoms with Gasteiger partial charge in [0, 0.05) is 4.47 Å². The van der Waals surface area contributed by atoms with Gasteiger partial charge >= 0.3 is 5.97 Å². The van der Waals surface area contributed by atoms with Crippen LogP contribution in [-0.2, 0) is 11.2 Å². The average Bonchev–Trinajstić information content (AvgIpc) is 2.88. The van der Waals surface area contributed by atoms with E-state index in [0.29, 0.717) is 5.92 Å². The molecule has 0 saturated heterocycles. The summed E-state index contributed by atoms with van der Waals surface area (Å²) in [7, 11) is 0. The highest BCUT2D eigenvalue weighted by Gasteiger charge is 2.42. The number of aliphatic carboxylic acids is 1. The van der Waals surface area contributed by atoms with E-state index in [1.54, 1.807) is 0 Å². The van der Waals surface area contributed by atoms with E-state index in [1.165, 1.54) is 5.56 Å². The molecule has 0 spiro atoms. The number of hydrogen-bond acceptors (Lipinski definition) is 1. The van der Waals surface area contributed by atoms with Crippen molar-refractivity contribution >= 4 is 21.9 Å². The highest BCUT2D eigenvalue weighted by atomic mass is 79.9. The van der Waals surface area contributed by atoms with Crippen molar-refractivity contribution in [1.29, 1.82) is 0 Å². The van der Waals surface area contributed by atoms with Gasteiger partial charge in [-0.05, 0) is 36.5 Å². The van der Waals surface area contributed by atoms with E-state index in [2.05, 4.69) is 15.9 Å². The lowest BCUT2D eigenvalue weighted by molar-refractivity contribution is -0.138. The van der Waals surface area contributed by atoms with Crippen LogP contribution in [0.1, 0.15) is 12.0 Å². The third-order valence-electron chi connectivity index (χ3n) is 2.65. The Hall–Kier alpha value is -0.830. The summed E-state index contributed by atoms with van der Waals surface area (Å²) in [4.78, 5) is 10.6. The third-order valence-corrected chi connectivity index (χ3v) is 3.18. The van der Waals surface area contributed by atoms with Crippen LogP contribution in [0.15, 0.2) is 28.7 Å². The van der Waals surface area contributed by atoms with Crippen LogP contribution in [0.25, 0.3) is 0 Å². The first-order chi connectivity index (χ1) is 6.66. The van der Waals surface area contributed by atoms with E-state index in [0.717, 1.165) is 17.3 Å². The van der Waals surface area contributed by atoms with Gasteiger partial charge in [-0.2, -0.15) is 0 Å². The zero-order valence-corrected chi connectivity index (χ0v) is 9.20. The second-order valence-electron chi connectivity index (χ2n) is 3.77. The van der Waals surface area contributed by atoms with E-state index < -0.39 is 5.97 Å². The van der Waals surface area contributed by atoms with Gasteiger partial charge in [0.25, 0.3) is 0 Å². The smallest absolute Gasteiger partial charge is 0.306 e. The van der Waals surface area contributed by atoms with Crippen LogP contribution in [0, 0.1) is 11.8 Å². The van der Waals surface area contributed by atoms with Crippen molar-refractivity contribution in [3.8, 4) is 0 Å². The summed E-state index contributed by atoms with van der Waals surface area (Å²) in [6, 6.07) is 8.07. The molecule has 0 amide bonds. The monoisotopic (exact) mass is 254 g/mol. The first-order valence-corrected chi connectivity index (χ1v) is 5.43. The predicted molar refractivity (Wildman–Crippen MR) is 57.1 cm³/mol. The van der Waals surface area contributed by atoms with E-state index >= 15 is 0 Å². The Balaban J connectivity index is 1.94. The number of carboxylic acids is 1. The molecule has 0 aliphatic heterocycles. The molecule has 1 aromatic carbocycles.